The van der Waals surface area contributed by atoms with Crippen LogP contribution in [0.1, 0.15) is 44.9 Å². The van der Waals surface area contributed by atoms with Crippen molar-refractivity contribution in [2.24, 2.45) is 0 Å². The highest BCUT2D eigenvalue weighted by atomic mass is 16.7. The summed E-state index contributed by atoms with van der Waals surface area (Å²) in [5.74, 6) is -0.692. The normalized spacial score (nSPS) is 21.5. The first-order chi connectivity index (χ1) is 7.29. The van der Waals surface area contributed by atoms with Crippen molar-refractivity contribution < 1.29 is 19.4 Å². The number of unbranched alkanes of at least 4 members (excludes halogenated alkanes) is 3. The van der Waals surface area contributed by atoms with Gasteiger partial charge in [0.05, 0.1) is 12.7 Å². The molecule has 0 spiro atoms. The fourth-order valence-corrected chi connectivity index (χ4v) is 1.73. The van der Waals surface area contributed by atoms with E-state index in [0.717, 1.165) is 45.1 Å². The van der Waals surface area contributed by atoms with E-state index in [2.05, 4.69) is 0 Å². The Hall–Kier alpha value is -0.610. The van der Waals surface area contributed by atoms with Crippen LogP contribution in [0.5, 0.6) is 0 Å². The van der Waals surface area contributed by atoms with Crippen LogP contribution >= 0.6 is 0 Å². The minimum absolute atomic E-state index is 0.299. The Bertz CT molecular complexity index is 175. The maximum atomic E-state index is 10.2. The van der Waals surface area contributed by atoms with Crippen molar-refractivity contribution in [3.8, 4) is 0 Å². The molecule has 0 aromatic carbocycles. The summed E-state index contributed by atoms with van der Waals surface area (Å²) in [7, 11) is 0. The summed E-state index contributed by atoms with van der Waals surface area (Å²) < 4.78 is 10.5. The van der Waals surface area contributed by atoms with Gasteiger partial charge in [-0.25, -0.2) is 0 Å². The lowest BCUT2D eigenvalue weighted by atomic mass is 10.1. The molecule has 1 fully saturated rings. The molecule has 1 heterocycles. The summed E-state index contributed by atoms with van der Waals surface area (Å²) in [6.07, 6.45) is 6.77. The second kappa shape index (κ2) is 7.65. The van der Waals surface area contributed by atoms with Crippen molar-refractivity contribution in [2.45, 2.75) is 51.0 Å². The first-order valence-corrected chi connectivity index (χ1v) is 5.70. The number of rotatable bonds is 7. The monoisotopic (exact) mass is 216 g/mol. The van der Waals surface area contributed by atoms with Crippen molar-refractivity contribution in [1.82, 2.24) is 0 Å². The van der Waals surface area contributed by atoms with Gasteiger partial charge in [0, 0.05) is 6.42 Å². The molecule has 0 radical (unpaired) electrons. The topological polar surface area (TPSA) is 55.8 Å². The van der Waals surface area contributed by atoms with Gasteiger partial charge in [-0.05, 0) is 19.3 Å². The van der Waals surface area contributed by atoms with Gasteiger partial charge in [-0.3, -0.25) is 4.79 Å². The lowest BCUT2D eigenvalue weighted by molar-refractivity contribution is -0.141. The molecule has 1 aliphatic rings. The molecule has 1 N–H and O–H groups in total. The average Bonchev–Trinajstić information content (AvgIpc) is 2.24. The van der Waals surface area contributed by atoms with Gasteiger partial charge < -0.3 is 14.6 Å². The van der Waals surface area contributed by atoms with E-state index in [9.17, 15) is 4.79 Å². The molecule has 0 bridgehead atoms. The number of ether oxygens (including phenoxy) is 2. The van der Waals surface area contributed by atoms with Crippen LogP contribution in [-0.4, -0.2) is 30.6 Å². The SMILES string of the molecule is O=C(O)CCCCCCC1CCOCO1. The van der Waals surface area contributed by atoms with E-state index >= 15 is 0 Å². The van der Waals surface area contributed by atoms with Crippen molar-refractivity contribution in [2.75, 3.05) is 13.4 Å². The van der Waals surface area contributed by atoms with Crippen molar-refractivity contribution in [1.29, 1.82) is 0 Å². The van der Waals surface area contributed by atoms with Crippen molar-refractivity contribution >= 4 is 5.97 Å². The molecule has 4 nitrogen and oxygen atoms in total. The summed E-state index contributed by atoms with van der Waals surface area (Å²) in [4.78, 5) is 10.2. The fourth-order valence-electron chi connectivity index (χ4n) is 1.73. The third-order valence-corrected chi connectivity index (χ3v) is 2.64. The molecule has 0 amide bonds. The third-order valence-electron chi connectivity index (χ3n) is 2.64. The zero-order valence-corrected chi connectivity index (χ0v) is 9.11. The molecule has 1 saturated heterocycles. The highest BCUT2D eigenvalue weighted by Crippen LogP contribution is 2.14. The second-order valence-corrected chi connectivity index (χ2v) is 3.95. The van der Waals surface area contributed by atoms with E-state index in [0.29, 0.717) is 19.3 Å². The van der Waals surface area contributed by atoms with Crippen LogP contribution < -0.4 is 0 Å². The van der Waals surface area contributed by atoms with E-state index in [4.69, 9.17) is 14.6 Å². The minimum Gasteiger partial charge on any atom is -0.481 e. The third kappa shape index (κ3) is 6.47. The van der Waals surface area contributed by atoms with Gasteiger partial charge in [0.15, 0.2) is 0 Å². The molecule has 0 aromatic heterocycles. The molecule has 15 heavy (non-hydrogen) atoms. The first kappa shape index (κ1) is 12.5. The molecule has 4 heteroatoms. The molecule has 1 atom stereocenters. The van der Waals surface area contributed by atoms with Gasteiger partial charge >= 0.3 is 5.97 Å². The number of carboxylic acids is 1. The standard InChI is InChI=1S/C11H20O4/c12-11(13)6-4-2-1-3-5-10-7-8-14-9-15-10/h10H,1-9H2,(H,12,13). The van der Waals surface area contributed by atoms with E-state index in [1.54, 1.807) is 0 Å². The average molecular weight is 216 g/mol. The maximum Gasteiger partial charge on any atom is 0.303 e. The number of hydrogen-bond acceptors (Lipinski definition) is 3. The van der Waals surface area contributed by atoms with Crippen LogP contribution in [0.2, 0.25) is 0 Å². The minimum atomic E-state index is -0.692. The summed E-state index contributed by atoms with van der Waals surface area (Å²) in [5.41, 5.74) is 0. The molecular weight excluding hydrogens is 196 g/mol. The van der Waals surface area contributed by atoms with Crippen LogP contribution in [0.3, 0.4) is 0 Å². The molecule has 0 saturated carbocycles. The Morgan fingerprint density at radius 3 is 2.73 bits per heavy atom. The molecule has 1 rings (SSSR count). The summed E-state index contributed by atoms with van der Waals surface area (Å²) in [6.45, 7) is 1.24. The van der Waals surface area contributed by atoms with Crippen LogP contribution in [0.4, 0.5) is 0 Å². The fraction of sp³-hybridized carbons (Fsp3) is 0.909. The zero-order chi connectivity index (χ0) is 10.9. The van der Waals surface area contributed by atoms with Gasteiger partial charge in [-0.15, -0.1) is 0 Å². The van der Waals surface area contributed by atoms with E-state index in [1.165, 1.54) is 0 Å². The summed E-state index contributed by atoms with van der Waals surface area (Å²) in [6, 6.07) is 0. The highest BCUT2D eigenvalue weighted by molar-refractivity contribution is 5.66. The van der Waals surface area contributed by atoms with Gasteiger partial charge in [-0.2, -0.15) is 0 Å². The molecule has 0 aromatic rings. The molecule has 0 aliphatic carbocycles. The van der Waals surface area contributed by atoms with Crippen molar-refractivity contribution in [3.05, 3.63) is 0 Å². The second-order valence-electron chi connectivity index (χ2n) is 3.95. The van der Waals surface area contributed by atoms with Crippen LogP contribution in [-0.2, 0) is 14.3 Å². The number of aliphatic carboxylic acids is 1. The van der Waals surface area contributed by atoms with Gasteiger partial charge in [0.2, 0.25) is 0 Å². The van der Waals surface area contributed by atoms with E-state index in [-0.39, 0.29) is 0 Å². The van der Waals surface area contributed by atoms with Crippen LogP contribution in [0.15, 0.2) is 0 Å². The molecule has 88 valence electrons. The Morgan fingerprint density at radius 1 is 1.27 bits per heavy atom. The van der Waals surface area contributed by atoms with Gasteiger partial charge in [0.1, 0.15) is 6.79 Å². The zero-order valence-electron chi connectivity index (χ0n) is 9.11. The number of hydrogen-bond donors (Lipinski definition) is 1. The summed E-state index contributed by atoms with van der Waals surface area (Å²) >= 11 is 0. The number of carbonyl (C=O) groups is 1. The largest absolute Gasteiger partial charge is 0.481 e. The van der Waals surface area contributed by atoms with E-state index < -0.39 is 5.97 Å². The Labute approximate surface area is 90.6 Å². The lowest BCUT2D eigenvalue weighted by Crippen LogP contribution is -2.23. The Kier molecular flexibility index (Phi) is 6.36. The van der Waals surface area contributed by atoms with Crippen LogP contribution in [0, 0.1) is 0 Å². The number of carboxylic acid groups (broad SMARTS) is 1. The van der Waals surface area contributed by atoms with Crippen LogP contribution in [0.25, 0.3) is 0 Å². The van der Waals surface area contributed by atoms with E-state index in [1.807, 2.05) is 0 Å². The maximum absolute atomic E-state index is 10.2. The highest BCUT2D eigenvalue weighted by Gasteiger charge is 2.12. The lowest BCUT2D eigenvalue weighted by Gasteiger charge is -2.22. The van der Waals surface area contributed by atoms with Gasteiger partial charge in [-0.1, -0.05) is 19.3 Å². The predicted octanol–water partition coefficient (Wildman–Crippen LogP) is 2.17. The van der Waals surface area contributed by atoms with Gasteiger partial charge in [0.25, 0.3) is 0 Å². The van der Waals surface area contributed by atoms with Crippen molar-refractivity contribution in [3.63, 3.8) is 0 Å². The first-order valence-electron chi connectivity index (χ1n) is 5.70. The Balaban J connectivity index is 1.85. The molecule has 1 unspecified atom stereocenters. The smallest absolute Gasteiger partial charge is 0.303 e. The summed E-state index contributed by atoms with van der Waals surface area (Å²) in [5, 5.41) is 8.44. The molecule has 1 aliphatic heterocycles. The quantitative estimate of drug-likeness (QED) is 0.663. The molecular formula is C11H20O4. The Morgan fingerprint density at radius 2 is 2.07 bits per heavy atom. The predicted molar refractivity (Wildman–Crippen MR) is 55.6 cm³/mol.